The van der Waals surface area contributed by atoms with E-state index in [2.05, 4.69) is 32.5 Å². The lowest BCUT2D eigenvalue weighted by Gasteiger charge is -2.20. The zero-order valence-electron chi connectivity index (χ0n) is 18.0. The quantitative estimate of drug-likeness (QED) is 0.227. The van der Waals surface area contributed by atoms with E-state index in [0.29, 0.717) is 6.54 Å². The number of para-hydroxylation sites is 1. The van der Waals surface area contributed by atoms with Gasteiger partial charge in [-0.3, -0.25) is 0 Å². The number of aliphatic imine (C=N–C) groups is 1. The Morgan fingerprint density at radius 3 is 2.76 bits per heavy atom. The van der Waals surface area contributed by atoms with E-state index in [0.717, 1.165) is 45.1 Å². The summed E-state index contributed by atoms with van der Waals surface area (Å²) >= 11 is 0. The Labute approximate surface area is 192 Å². The zero-order chi connectivity index (χ0) is 20.2. The van der Waals surface area contributed by atoms with Crippen LogP contribution in [-0.4, -0.2) is 81.3 Å². The number of nitrogens with one attached hydrogen (secondary N) is 2. The Bertz CT molecular complexity index is 604. The van der Waals surface area contributed by atoms with Crippen molar-refractivity contribution in [3.63, 3.8) is 0 Å². The summed E-state index contributed by atoms with van der Waals surface area (Å²) in [5, 5.41) is 6.64. The lowest BCUT2D eigenvalue weighted by atomic mass is 10.3. The van der Waals surface area contributed by atoms with Crippen molar-refractivity contribution >= 4 is 29.9 Å². The maximum Gasteiger partial charge on any atom is 0.191 e. The second kappa shape index (κ2) is 14.8. The Balaban J connectivity index is 0.00000420. The Hall–Kier alpha value is -1.13. The van der Waals surface area contributed by atoms with Gasteiger partial charge in [-0.2, -0.15) is 0 Å². The third-order valence-electron chi connectivity index (χ3n) is 4.77. The van der Waals surface area contributed by atoms with Gasteiger partial charge in [-0.05, 0) is 65.5 Å². The highest BCUT2D eigenvalue weighted by Gasteiger charge is 2.11. The molecular formula is C21H37FIN5O. The molecule has 29 heavy (non-hydrogen) atoms. The molecular weight excluding hydrogens is 484 g/mol. The number of guanidine groups is 1. The third-order valence-corrected chi connectivity index (χ3v) is 4.77. The predicted molar refractivity (Wildman–Crippen MR) is 129 cm³/mol. The predicted octanol–water partition coefficient (Wildman–Crippen LogP) is 2.79. The Morgan fingerprint density at radius 1 is 1.21 bits per heavy atom. The minimum atomic E-state index is -0.344. The Kier molecular flexibility index (Phi) is 13.2. The van der Waals surface area contributed by atoms with Crippen molar-refractivity contribution in [2.75, 3.05) is 59.4 Å². The van der Waals surface area contributed by atoms with Crippen LogP contribution in [0.4, 0.5) is 4.39 Å². The van der Waals surface area contributed by atoms with Crippen molar-refractivity contribution in [2.45, 2.75) is 32.8 Å². The fourth-order valence-corrected chi connectivity index (χ4v) is 3.19. The van der Waals surface area contributed by atoms with Crippen molar-refractivity contribution in [3.8, 4) is 5.75 Å². The maximum absolute atomic E-state index is 13.7. The van der Waals surface area contributed by atoms with Crippen LogP contribution in [-0.2, 0) is 0 Å². The van der Waals surface area contributed by atoms with E-state index in [9.17, 15) is 4.39 Å². The number of ether oxygens (including phenoxy) is 1. The lowest BCUT2D eigenvalue weighted by Crippen LogP contribution is -2.39. The molecule has 8 heteroatoms. The highest BCUT2D eigenvalue weighted by atomic mass is 127. The molecule has 0 spiro atoms. The molecule has 2 rings (SSSR count). The molecule has 0 aromatic heterocycles. The molecule has 6 nitrogen and oxygen atoms in total. The fourth-order valence-electron chi connectivity index (χ4n) is 3.19. The molecule has 0 bridgehead atoms. The van der Waals surface area contributed by atoms with Crippen LogP contribution >= 0.6 is 24.0 Å². The first-order valence-electron chi connectivity index (χ1n) is 10.4. The van der Waals surface area contributed by atoms with E-state index in [-0.39, 0.29) is 41.6 Å². The molecule has 1 atom stereocenters. The molecule has 1 heterocycles. The van der Waals surface area contributed by atoms with Crippen LogP contribution in [0, 0.1) is 5.82 Å². The average molecular weight is 521 g/mol. The van der Waals surface area contributed by atoms with Gasteiger partial charge in [0.2, 0.25) is 0 Å². The number of hydrogen-bond acceptors (Lipinski definition) is 4. The number of benzene rings is 1. The first-order chi connectivity index (χ1) is 13.6. The topological polar surface area (TPSA) is 52.1 Å². The van der Waals surface area contributed by atoms with Gasteiger partial charge < -0.3 is 25.2 Å². The maximum atomic E-state index is 13.7. The van der Waals surface area contributed by atoms with Crippen molar-refractivity contribution in [1.29, 1.82) is 0 Å². The average Bonchev–Trinajstić information content (AvgIpc) is 2.89. The summed E-state index contributed by atoms with van der Waals surface area (Å²) < 4.78 is 19.3. The molecule has 1 aromatic carbocycles. The van der Waals surface area contributed by atoms with E-state index in [1.807, 2.05) is 13.8 Å². The van der Waals surface area contributed by atoms with E-state index in [1.54, 1.807) is 18.2 Å². The summed E-state index contributed by atoms with van der Waals surface area (Å²) in [6.07, 6.45) is 2.12. The third kappa shape index (κ3) is 10.5. The summed E-state index contributed by atoms with van der Waals surface area (Å²) in [5.74, 6) is 0.705. The summed E-state index contributed by atoms with van der Waals surface area (Å²) in [6, 6.07) is 6.46. The smallest absolute Gasteiger partial charge is 0.191 e. The largest absolute Gasteiger partial charge is 0.486 e. The number of rotatable bonds is 9. The molecule has 1 aromatic rings. The summed E-state index contributed by atoms with van der Waals surface area (Å²) in [5.41, 5.74) is 0. The van der Waals surface area contributed by atoms with Crippen LogP contribution in [0.2, 0.25) is 0 Å². The molecule has 1 fully saturated rings. The normalized spacial score (nSPS) is 17.2. The van der Waals surface area contributed by atoms with Crippen molar-refractivity contribution in [3.05, 3.63) is 30.1 Å². The number of halogens is 2. The second-order valence-electron chi connectivity index (χ2n) is 7.36. The molecule has 166 valence electrons. The summed E-state index contributed by atoms with van der Waals surface area (Å²) in [7, 11) is 2.20. The minimum Gasteiger partial charge on any atom is -0.486 e. The van der Waals surface area contributed by atoms with Gasteiger partial charge in [0.05, 0.1) is 6.54 Å². The van der Waals surface area contributed by atoms with Crippen LogP contribution in [0.1, 0.15) is 26.7 Å². The van der Waals surface area contributed by atoms with Gasteiger partial charge in [0.15, 0.2) is 17.5 Å². The van der Waals surface area contributed by atoms with E-state index >= 15 is 0 Å². The lowest BCUT2D eigenvalue weighted by molar-refractivity contribution is 0.220. The molecule has 0 amide bonds. The number of hydrogen-bond donors (Lipinski definition) is 2. The van der Waals surface area contributed by atoms with E-state index in [4.69, 9.17) is 4.74 Å². The van der Waals surface area contributed by atoms with E-state index in [1.165, 1.54) is 25.6 Å². The first-order valence-corrected chi connectivity index (χ1v) is 10.4. The van der Waals surface area contributed by atoms with Crippen molar-refractivity contribution in [1.82, 2.24) is 20.4 Å². The molecule has 2 N–H and O–H groups in total. The van der Waals surface area contributed by atoms with Gasteiger partial charge >= 0.3 is 0 Å². The van der Waals surface area contributed by atoms with Crippen LogP contribution in [0.5, 0.6) is 5.75 Å². The van der Waals surface area contributed by atoms with Crippen molar-refractivity contribution < 1.29 is 9.13 Å². The number of nitrogens with zero attached hydrogens (tertiary/aromatic N) is 3. The Morgan fingerprint density at radius 2 is 2.00 bits per heavy atom. The van der Waals surface area contributed by atoms with Crippen LogP contribution in [0.25, 0.3) is 0 Å². The molecule has 0 saturated carbocycles. The molecule has 1 aliphatic heterocycles. The monoisotopic (exact) mass is 521 g/mol. The van der Waals surface area contributed by atoms with Crippen molar-refractivity contribution in [2.24, 2.45) is 4.99 Å². The van der Waals surface area contributed by atoms with Gasteiger partial charge in [0, 0.05) is 26.2 Å². The van der Waals surface area contributed by atoms with Gasteiger partial charge in [-0.1, -0.05) is 12.1 Å². The molecule has 1 unspecified atom stereocenters. The van der Waals surface area contributed by atoms with Crippen LogP contribution < -0.4 is 15.4 Å². The fraction of sp³-hybridized carbons (Fsp3) is 0.667. The molecule has 0 radical (unpaired) electrons. The van der Waals surface area contributed by atoms with Gasteiger partial charge in [0.1, 0.15) is 6.10 Å². The highest BCUT2D eigenvalue weighted by Crippen LogP contribution is 2.16. The van der Waals surface area contributed by atoms with Gasteiger partial charge in [0.25, 0.3) is 0 Å². The highest BCUT2D eigenvalue weighted by molar-refractivity contribution is 14.0. The van der Waals surface area contributed by atoms with Crippen LogP contribution in [0.3, 0.4) is 0 Å². The minimum absolute atomic E-state index is 0. The second-order valence-corrected chi connectivity index (χ2v) is 7.36. The van der Waals surface area contributed by atoms with Gasteiger partial charge in [-0.15, -0.1) is 24.0 Å². The summed E-state index contributed by atoms with van der Waals surface area (Å²) in [6.45, 7) is 11.9. The SMILES string of the molecule is CCNC(=NCC(C)Oc1ccccc1F)NCCCN1CCCN(C)CC1.I. The molecule has 1 aliphatic rings. The first kappa shape index (κ1) is 25.9. The molecule has 1 saturated heterocycles. The molecule has 0 aliphatic carbocycles. The van der Waals surface area contributed by atoms with Crippen LogP contribution in [0.15, 0.2) is 29.3 Å². The zero-order valence-corrected chi connectivity index (χ0v) is 20.3. The van der Waals surface area contributed by atoms with E-state index < -0.39 is 0 Å². The number of likely N-dealkylation sites (N-methyl/N-ethyl adjacent to an activating group) is 1. The standard InChI is InChI=1S/C21H36FN5O.HI/c1-4-23-21(24-11-7-13-27-14-8-12-26(3)15-16-27)25-17-18(2)28-20-10-6-5-9-19(20)22;/h5-6,9-10,18H,4,7-8,11-17H2,1-3H3,(H2,23,24,25);1H. The summed E-state index contributed by atoms with van der Waals surface area (Å²) in [4.78, 5) is 9.52. The van der Waals surface area contributed by atoms with Gasteiger partial charge in [-0.25, -0.2) is 9.38 Å².